The molecule has 0 unspecified atom stereocenters. The maximum Gasteiger partial charge on any atom is 0.263 e. The molecule has 5 rings (SSSR count). The molecule has 4 heterocycles. The Kier molecular flexibility index (Phi) is 7.41. The number of nitrogens with zero attached hydrogens (tertiary/aromatic N) is 5. The Labute approximate surface area is 238 Å². The third-order valence-electron chi connectivity index (χ3n) is 6.80. The van der Waals surface area contributed by atoms with Gasteiger partial charge >= 0.3 is 0 Å². The fraction of sp³-hybridized carbons (Fsp3) is 0.269. The Bertz CT molecular complexity index is 1720. The van der Waals surface area contributed by atoms with Gasteiger partial charge in [0.15, 0.2) is 0 Å². The van der Waals surface area contributed by atoms with Crippen molar-refractivity contribution < 1.29 is 14.7 Å². The van der Waals surface area contributed by atoms with E-state index in [1.54, 1.807) is 19.3 Å². The first kappa shape index (κ1) is 27.4. The first-order valence-electron chi connectivity index (χ1n) is 12.3. The van der Waals surface area contributed by atoms with Crippen molar-refractivity contribution in [3.8, 4) is 16.9 Å². The van der Waals surface area contributed by atoms with Gasteiger partial charge in [0.05, 0.1) is 39.2 Å². The third kappa shape index (κ3) is 5.08. The molecule has 40 heavy (non-hydrogen) atoms. The zero-order valence-corrected chi connectivity index (χ0v) is 23.1. The molecular formula is C26H26Cl2N8O4. The van der Waals surface area contributed by atoms with Crippen LogP contribution in [0.5, 0.6) is 5.75 Å². The number of fused-ring (bicyclic) bond motifs is 1. The molecule has 0 aliphatic carbocycles. The van der Waals surface area contributed by atoms with Gasteiger partial charge in [-0.1, -0.05) is 23.2 Å². The van der Waals surface area contributed by atoms with Crippen molar-refractivity contribution in [2.75, 3.05) is 29.9 Å². The van der Waals surface area contributed by atoms with Gasteiger partial charge in [-0.25, -0.2) is 9.97 Å². The number of piperazine rings is 1. The number of aryl methyl sites for hydroxylation is 1. The lowest BCUT2D eigenvalue weighted by molar-refractivity contribution is -0.116. The van der Waals surface area contributed by atoms with E-state index < -0.39 is 17.6 Å². The molecule has 1 fully saturated rings. The van der Waals surface area contributed by atoms with E-state index in [2.05, 4.69) is 32.4 Å². The number of amides is 2. The first-order chi connectivity index (χ1) is 19.0. The molecule has 1 aromatic carbocycles. The van der Waals surface area contributed by atoms with Crippen LogP contribution in [-0.4, -0.2) is 61.7 Å². The van der Waals surface area contributed by atoms with Crippen molar-refractivity contribution in [2.45, 2.75) is 19.5 Å². The second kappa shape index (κ2) is 10.8. The molecule has 0 bridgehead atoms. The number of carbonyl (C=O) groups excluding carboxylic acids is 2. The lowest BCUT2D eigenvalue weighted by atomic mass is 10.0. The number of phenols is 1. The number of halogens is 2. The number of aromatic nitrogens is 4. The Balaban J connectivity index is 1.50. The fourth-order valence-electron chi connectivity index (χ4n) is 4.75. The van der Waals surface area contributed by atoms with Crippen molar-refractivity contribution in [3.63, 3.8) is 0 Å². The molecule has 0 radical (unpaired) electrons. The molecule has 1 atom stereocenters. The van der Waals surface area contributed by atoms with Gasteiger partial charge in [-0.05, 0) is 24.6 Å². The van der Waals surface area contributed by atoms with Crippen LogP contribution in [0.3, 0.4) is 0 Å². The molecule has 1 aliphatic heterocycles. The van der Waals surface area contributed by atoms with Gasteiger partial charge in [0, 0.05) is 50.6 Å². The van der Waals surface area contributed by atoms with Gasteiger partial charge < -0.3 is 35.5 Å². The Morgan fingerprint density at radius 2 is 2.00 bits per heavy atom. The average molecular weight is 585 g/mol. The number of hydrogen-bond acceptors (Lipinski definition) is 8. The molecule has 0 spiro atoms. The summed E-state index contributed by atoms with van der Waals surface area (Å²) in [6, 6.07) is 4.70. The zero-order chi connectivity index (χ0) is 28.7. The summed E-state index contributed by atoms with van der Waals surface area (Å²) in [6.45, 7) is 4.28. The van der Waals surface area contributed by atoms with Crippen LogP contribution >= 0.6 is 23.2 Å². The van der Waals surface area contributed by atoms with Crippen LogP contribution < -0.4 is 26.8 Å². The Hall–Kier alpha value is -4.13. The molecule has 4 aromatic rings. The fourth-order valence-corrected chi connectivity index (χ4v) is 5.12. The molecule has 1 saturated heterocycles. The summed E-state index contributed by atoms with van der Waals surface area (Å²) in [6.07, 6.45) is 4.41. The van der Waals surface area contributed by atoms with E-state index >= 15 is 0 Å². The molecule has 0 saturated carbocycles. The number of benzene rings is 1. The van der Waals surface area contributed by atoms with E-state index in [0.29, 0.717) is 22.6 Å². The van der Waals surface area contributed by atoms with Gasteiger partial charge in [-0.2, -0.15) is 0 Å². The van der Waals surface area contributed by atoms with Gasteiger partial charge in [0.2, 0.25) is 5.91 Å². The number of carbonyl (C=O) groups is 2. The summed E-state index contributed by atoms with van der Waals surface area (Å²) in [7, 11) is 1.55. The van der Waals surface area contributed by atoms with E-state index in [4.69, 9.17) is 28.9 Å². The average Bonchev–Trinajstić information content (AvgIpc) is 3.27. The molecule has 1 aliphatic rings. The largest absolute Gasteiger partial charge is 0.506 e. The van der Waals surface area contributed by atoms with Gasteiger partial charge in [-0.3, -0.25) is 14.4 Å². The molecule has 5 N–H and O–H groups in total. The van der Waals surface area contributed by atoms with Crippen molar-refractivity contribution in [1.82, 2.24) is 24.4 Å². The van der Waals surface area contributed by atoms with Crippen LogP contribution in [0.15, 0.2) is 41.7 Å². The van der Waals surface area contributed by atoms with Crippen LogP contribution in [0, 0.1) is 0 Å². The molecular weight excluding hydrogens is 559 g/mol. The van der Waals surface area contributed by atoms with Crippen molar-refractivity contribution >= 4 is 57.6 Å². The first-order valence-corrected chi connectivity index (χ1v) is 13.1. The number of hydrogen-bond donors (Lipinski definition) is 4. The number of rotatable bonds is 6. The Morgan fingerprint density at radius 1 is 1.23 bits per heavy atom. The smallest absolute Gasteiger partial charge is 0.263 e. The molecule has 3 aromatic heterocycles. The minimum absolute atomic E-state index is 0.118. The van der Waals surface area contributed by atoms with Gasteiger partial charge in [0.1, 0.15) is 23.8 Å². The normalized spacial score (nSPS) is 15.4. The molecule has 2 amide bonds. The highest BCUT2D eigenvalue weighted by atomic mass is 35.5. The minimum atomic E-state index is -0.890. The second-order valence-electron chi connectivity index (χ2n) is 9.57. The second-order valence-corrected chi connectivity index (χ2v) is 10.4. The van der Waals surface area contributed by atoms with Crippen molar-refractivity contribution in [3.05, 3.63) is 62.9 Å². The predicted octanol–water partition coefficient (Wildman–Crippen LogP) is 2.35. The van der Waals surface area contributed by atoms with Crippen molar-refractivity contribution in [2.24, 2.45) is 12.8 Å². The summed E-state index contributed by atoms with van der Waals surface area (Å²) in [4.78, 5) is 49.2. The van der Waals surface area contributed by atoms with Crippen LogP contribution in [0.2, 0.25) is 10.0 Å². The summed E-state index contributed by atoms with van der Waals surface area (Å²) < 4.78 is 2.81. The van der Waals surface area contributed by atoms with Gasteiger partial charge in [-0.15, -0.1) is 0 Å². The van der Waals surface area contributed by atoms with E-state index in [1.807, 2.05) is 0 Å². The standard InChI is InChI=1S/C26H26Cl2N8O4/c1-13-8-30-3-4-36(13)20-7-19(18(28)9-31-20)33-21(37)11-35-10-16(22-25(35)32-12-34(2)26(22)40)14-5-15(24(29)39)23(38)17(27)6-14/h5-7,9-10,12-13,30,38H,3-4,8,11H2,1-2H3,(H2,29,39)(H,31,33,37)/t13-/m0/s1. The van der Waals surface area contributed by atoms with Crippen LogP contribution in [0.4, 0.5) is 11.5 Å². The highest BCUT2D eigenvalue weighted by Gasteiger charge is 2.23. The van der Waals surface area contributed by atoms with E-state index in [0.717, 1.165) is 19.6 Å². The maximum absolute atomic E-state index is 13.2. The minimum Gasteiger partial charge on any atom is -0.506 e. The zero-order valence-electron chi connectivity index (χ0n) is 21.6. The number of primary amides is 1. The lowest BCUT2D eigenvalue weighted by Gasteiger charge is -2.35. The third-order valence-corrected chi connectivity index (χ3v) is 7.39. The lowest BCUT2D eigenvalue weighted by Crippen LogP contribution is -2.50. The monoisotopic (exact) mass is 584 g/mol. The highest BCUT2D eigenvalue weighted by molar-refractivity contribution is 6.34. The molecule has 14 heteroatoms. The van der Waals surface area contributed by atoms with E-state index in [-0.39, 0.29) is 44.8 Å². The number of nitrogens with two attached hydrogens (primary N) is 1. The predicted molar refractivity (Wildman–Crippen MR) is 153 cm³/mol. The SMILES string of the molecule is C[C@H]1CNCCN1c1cc(NC(=O)Cn2cc(-c3cc(Cl)c(O)c(C(N)=O)c3)c3c(=O)n(C)cnc32)c(Cl)cn1. The molecule has 12 nitrogen and oxygen atoms in total. The van der Waals surface area contributed by atoms with Crippen LogP contribution in [-0.2, 0) is 18.4 Å². The van der Waals surface area contributed by atoms with Gasteiger partial charge in [0.25, 0.3) is 11.5 Å². The van der Waals surface area contributed by atoms with Crippen molar-refractivity contribution in [1.29, 1.82) is 0 Å². The number of aromatic hydroxyl groups is 1. The number of pyridine rings is 1. The number of anilines is 2. The van der Waals surface area contributed by atoms with E-state index in [1.165, 1.54) is 33.8 Å². The summed E-state index contributed by atoms with van der Waals surface area (Å²) in [5.74, 6) is -1.07. The maximum atomic E-state index is 13.2. The number of nitrogens with one attached hydrogen (secondary N) is 2. The Morgan fingerprint density at radius 3 is 2.73 bits per heavy atom. The van der Waals surface area contributed by atoms with E-state index in [9.17, 15) is 19.5 Å². The highest BCUT2D eigenvalue weighted by Crippen LogP contribution is 2.36. The quantitative estimate of drug-likeness (QED) is 0.268. The summed E-state index contributed by atoms with van der Waals surface area (Å²) in [5, 5.41) is 16.7. The van der Waals surface area contributed by atoms with Crippen LogP contribution in [0.1, 0.15) is 17.3 Å². The topological polar surface area (TPSA) is 160 Å². The van der Waals surface area contributed by atoms with Crippen LogP contribution in [0.25, 0.3) is 22.2 Å². The summed E-state index contributed by atoms with van der Waals surface area (Å²) in [5.41, 5.74) is 6.17. The molecule has 208 valence electrons. The summed E-state index contributed by atoms with van der Waals surface area (Å²) >= 11 is 12.5.